The highest BCUT2D eigenvalue weighted by Gasteiger charge is 2.45. The second kappa shape index (κ2) is 9.24. The van der Waals surface area contributed by atoms with Crippen LogP contribution < -0.4 is 4.90 Å². The lowest BCUT2D eigenvalue weighted by Crippen LogP contribution is -2.46. The summed E-state index contributed by atoms with van der Waals surface area (Å²) in [5.74, 6) is 0.241. The molecule has 3 aliphatic heterocycles. The van der Waals surface area contributed by atoms with E-state index in [2.05, 4.69) is 21.9 Å². The first-order chi connectivity index (χ1) is 17.0. The molecule has 35 heavy (non-hydrogen) atoms. The van der Waals surface area contributed by atoms with Crippen molar-refractivity contribution < 1.29 is 9.18 Å². The van der Waals surface area contributed by atoms with E-state index >= 15 is 0 Å². The van der Waals surface area contributed by atoms with Crippen LogP contribution in [-0.2, 0) is 6.42 Å². The number of nitrogens with zero attached hydrogens (tertiary/aromatic N) is 2. The average molecular weight is 509 g/mol. The summed E-state index contributed by atoms with van der Waals surface area (Å²) >= 11 is 12.7. The maximum absolute atomic E-state index is 13.1. The van der Waals surface area contributed by atoms with Crippen molar-refractivity contribution >= 4 is 34.7 Å². The molecule has 0 aliphatic carbocycles. The largest absolute Gasteiger partial charge is 0.367 e. The van der Waals surface area contributed by atoms with Gasteiger partial charge in [-0.1, -0.05) is 29.3 Å². The molecule has 0 bridgehead atoms. The molecule has 3 heterocycles. The Morgan fingerprint density at radius 1 is 1.03 bits per heavy atom. The molecule has 0 N–H and O–H groups in total. The standard InChI is InChI=1S/C29H27Cl2FN2O/c30-21-5-8-23(26(31)16-21)20-14-19-9-13-34-27-10-12-33(17-25(27)24(15-20)29(19)34)11-1-2-28(35)18-3-6-22(32)7-4-18/h3-8,14-16,25,27H,1-2,9-13,17H2/t25-,27-/m0/s1. The molecule has 0 spiro atoms. The Morgan fingerprint density at radius 2 is 1.86 bits per heavy atom. The van der Waals surface area contributed by atoms with Gasteiger partial charge < -0.3 is 9.80 Å². The van der Waals surface area contributed by atoms with Gasteiger partial charge in [0.15, 0.2) is 5.78 Å². The number of fused-ring (bicyclic) bond motifs is 3. The molecule has 3 aromatic rings. The molecule has 6 heteroatoms. The smallest absolute Gasteiger partial charge is 0.162 e. The first-order valence-electron chi connectivity index (χ1n) is 12.4. The molecular formula is C29H27Cl2FN2O. The summed E-state index contributed by atoms with van der Waals surface area (Å²) in [5, 5.41) is 1.33. The van der Waals surface area contributed by atoms with Crippen molar-refractivity contribution in [3.05, 3.63) is 87.2 Å². The minimum Gasteiger partial charge on any atom is -0.367 e. The van der Waals surface area contributed by atoms with Crippen molar-refractivity contribution in [2.45, 2.75) is 37.6 Å². The second-order valence-electron chi connectivity index (χ2n) is 9.94. The van der Waals surface area contributed by atoms with Crippen LogP contribution in [0.5, 0.6) is 0 Å². The lowest BCUT2D eigenvalue weighted by atomic mass is 9.86. The number of carbonyl (C=O) groups is 1. The Bertz CT molecular complexity index is 1290. The number of Topliss-reactive ketones (excluding diaryl/α,β-unsaturated/α-hetero) is 1. The zero-order valence-electron chi connectivity index (χ0n) is 19.4. The van der Waals surface area contributed by atoms with Crippen molar-refractivity contribution in [1.29, 1.82) is 0 Å². The molecule has 6 rings (SSSR count). The summed E-state index contributed by atoms with van der Waals surface area (Å²) in [5.41, 5.74) is 7.11. The highest BCUT2D eigenvalue weighted by molar-refractivity contribution is 6.36. The molecule has 0 unspecified atom stereocenters. The SMILES string of the molecule is O=C(CCCN1CC[C@H]2[C@@H](C1)c1cc(-c3ccc(Cl)cc3Cl)cc3c1N2CC3)c1ccc(F)cc1. The monoisotopic (exact) mass is 508 g/mol. The topological polar surface area (TPSA) is 23.6 Å². The van der Waals surface area contributed by atoms with Crippen molar-refractivity contribution in [1.82, 2.24) is 4.90 Å². The van der Waals surface area contributed by atoms with Crippen LogP contribution >= 0.6 is 23.2 Å². The summed E-state index contributed by atoms with van der Waals surface area (Å²) < 4.78 is 13.1. The van der Waals surface area contributed by atoms with Crippen LogP contribution in [0.4, 0.5) is 10.1 Å². The van der Waals surface area contributed by atoms with Gasteiger partial charge in [-0.2, -0.15) is 0 Å². The Kier molecular flexibility index (Phi) is 6.08. The van der Waals surface area contributed by atoms with Gasteiger partial charge in [0.05, 0.1) is 0 Å². The lowest BCUT2D eigenvalue weighted by molar-refractivity contribution is 0.0971. The number of halogens is 3. The van der Waals surface area contributed by atoms with E-state index in [1.165, 1.54) is 34.5 Å². The molecule has 0 amide bonds. The number of anilines is 1. The summed E-state index contributed by atoms with van der Waals surface area (Å²) in [4.78, 5) is 17.6. The number of ketones is 1. The Hall–Kier alpha value is -2.40. The van der Waals surface area contributed by atoms with E-state index in [0.29, 0.717) is 34.0 Å². The van der Waals surface area contributed by atoms with Gasteiger partial charge in [-0.15, -0.1) is 0 Å². The van der Waals surface area contributed by atoms with Crippen LogP contribution in [0, 0.1) is 5.82 Å². The lowest BCUT2D eigenvalue weighted by Gasteiger charge is -2.38. The second-order valence-corrected chi connectivity index (χ2v) is 10.8. The maximum Gasteiger partial charge on any atom is 0.162 e. The quantitative estimate of drug-likeness (QED) is 0.335. The van der Waals surface area contributed by atoms with Crippen LogP contribution in [0.1, 0.15) is 46.7 Å². The summed E-state index contributed by atoms with van der Waals surface area (Å²) in [6.07, 6.45) is 3.53. The van der Waals surface area contributed by atoms with Crippen molar-refractivity contribution in [3.63, 3.8) is 0 Å². The third-order valence-electron chi connectivity index (χ3n) is 7.87. The van der Waals surface area contributed by atoms with E-state index in [1.54, 1.807) is 12.1 Å². The Labute approximate surface area is 215 Å². The fourth-order valence-electron chi connectivity index (χ4n) is 6.24. The molecule has 3 aliphatic rings. The minimum absolute atomic E-state index is 0.0841. The summed E-state index contributed by atoms with van der Waals surface area (Å²) in [6.45, 7) is 4.06. The van der Waals surface area contributed by atoms with E-state index in [9.17, 15) is 9.18 Å². The molecule has 180 valence electrons. The van der Waals surface area contributed by atoms with Gasteiger partial charge >= 0.3 is 0 Å². The number of hydrogen-bond acceptors (Lipinski definition) is 3. The molecule has 1 fully saturated rings. The van der Waals surface area contributed by atoms with Gasteiger partial charge in [0.2, 0.25) is 0 Å². The van der Waals surface area contributed by atoms with Crippen LogP contribution in [0.15, 0.2) is 54.6 Å². The summed E-state index contributed by atoms with van der Waals surface area (Å²) in [6, 6.07) is 16.8. The van der Waals surface area contributed by atoms with E-state index < -0.39 is 0 Å². The van der Waals surface area contributed by atoms with Crippen LogP contribution in [0.25, 0.3) is 11.1 Å². The predicted octanol–water partition coefficient (Wildman–Crippen LogP) is 7.00. The zero-order valence-corrected chi connectivity index (χ0v) is 21.0. The van der Waals surface area contributed by atoms with E-state index in [1.807, 2.05) is 18.2 Å². The van der Waals surface area contributed by atoms with Crippen molar-refractivity contribution in [2.24, 2.45) is 0 Å². The van der Waals surface area contributed by atoms with Crippen molar-refractivity contribution in [2.75, 3.05) is 31.1 Å². The molecule has 3 nitrogen and oxygen atoms in total. The van der Waals surface area contributed by atoms with Gasteiger partial charge in [0.1, 0.15) is 5.82 Å². The Morgan fingerprint density at radius 3 is 2.66 bits per heavy atom. The summed E-state index contributed by atoms with van der Waals surface area (Å²) in [7, 11) is 0. The van der Waals surface area contributed by atoms with E-state index in [0.717, 1.165) is 51.0 Å². The predicted molar refractivity (Wildman–Crippen MR) is 140 cm³/mol. The average Bonchev–Trinajstić information content (AvgIpc) is 3.41. The van der Waals surface area contributed by atoms with Gasteiger partial charge in [0.25, 0.3) is 0 Å². The molecule has 3 aromatic carbocycles. The van der Waals surface area contributed by atoms with Gasteiger partial charge in [-0.3, -0.25) is 4.79 Å². The third kappa shape index (κ3) is 4.26. The van der Waals surface area contributed by atoms with E-state index in [-0.39, 0.29) is 11.6 Å². The molecule has 0 saturated carbocycles. The Balaban J connectivity index is 1.18. The third-order valence-corrected chi connectivity index (χ3v) is 8.42. The first-order valence-corrected chi connectivity index (χ1v) is 13.1. The number of rotatable bonds is 6. The van der Waals surface area contributed by atoms with Gasteiger partial charge in [0, 0.05) is 64.9 Å². The van der Waals surface area contributed by atoms with Crippen LogP contribution in [0.2, 0.25) is 10.0 Å². The molecule has 0 radical (unpaired) electrons. The van der Waals surface area contributed by atoms with Crippen LogP contribution in [0.3, 0.4) is 0 Å². The highest BCUT2D eigenvalue weighted by Crippen LogP contribution is 2.51. The molecule has 0 aromatic heterocycles. The van der Waals surface area contributed by atoms with Crippen LogP contribution in [-0.4, -0.2) is 42.9 Å². The number of hydrogen-bond donors (Lipinski definition) is 0. The van der Waals surface area contributed by atoms with Gasteiger partial charge in [-0.25, -0.2) is 4.39 Å². The van der Waals surface area contributed by atoms with Crippen molar-refractivity contribution in [3.8, 4) is 11.1 Å². The maximum atomic E-state index is 13.1. The normalized spacial score (nSPS) is 20.7. The minimum atomic E-state index is -0.312. The fraction of sp³-hybridized carbons (Fsp3) is 0.345. The zero-order chi connectivity index (χ0) is 24.1. The fourth-order valence-corrected chi connectivity index (χ4v) is 6.76. The number of carbonyl (C=O) groups excluding carboxylic acids is 1. The molecule has 2 atom stereocenters. The highest BCUT2D eigenvalue weighted by atomic mass is 35.5. The molecule has 1 saturated heterocycles. The van der Waals surface area contributed by atoms with E-state index in [4.69, 9.17) is 23.2 Å². The number of likely N-dealkylation sites (tertiary alicyclic amines) is 1. The molecular weight excluding hydrogens is 482 g/mol. The number of benzene rings is 3. The number of piperidine rings is 1. The first kappa shape index (κ1) is 23.0. The van der Waals surface area contributed by atoms with Gasteiger partial charge in [-0.05, 0) is 91.0 Å².